The molecule has 4 nitrogen and oxygen atoms in total. The molecule has 3 aliphatic rings. The summed E-state index contributed by atoms with van der Waals surface area (Å²) in [6, 6.07) is 0. The maximum absolute atomic E-state index is 11.5. The van der Waals surface area contributed by atoms with Gasteiger partial charge < -0.3 is 10.4 Å². The molecule has 0 aromatic heterocycles. The first-order valence-corrected chi connectivity index (χ1v) is 6.54. The predicted molar refractivity (Wildman–Crippen MR) is 73.5 cm³/mol. The van der Waals surface area contributed by atoms with Crippen molar-refractivity contribution in [3.8, 4) is 0 Å². The highest BCUT2D eigenvalue weighted by molar-refractivity contribution is 9.11. The maximum Gasteiger partial charge on any atom is 0.335 e. The summed E-state index contributed by atoms with van der Waals surface area (Å²) in [6.45, 7) is 0.445. The van der Waals surface area contributed by atoms with Crippen LogP contribution in [0.25, 0.3) is 0 Å². The number of halogens is 1. The first-order chi connectivity index (χ1) is 9.01. The lowest BCUT2D eigenvalue weighted by molar-refractivity contribution is -0.132. The minimum Gasteiger partial charge on any atom is -0.478 e. The number of aliphatic carboxylic acids is 1. The minimum atomic E-state index is -0.993. The Balaban J connectivity index is 2.22. The van der Waals surface area contributed by atoms with Gasteiger partial charge >= 0.3 is 5.97 Å². The molecule has 1 atom stereocenters. The van der Waals surface area contributed by atoms with Crippen LogP contribution in [0.3, 0.4) is 0 Å². The quantitative estimate of drug-likeness (QED) is 0.775. The summed E-state index contributed by atoms with van der Waals surface area (Å²) in [5.74, 6) is -1.18. The van der Waals surface area contributed by atoms with Crippen LogP contribution < -0.4 is 5.32 Å². The van der Waals surface area contributed by atoms with E-state index < -0.39 is 11.4 Å². The second-order valence-electron chi connectivity index (χ2n) is 4.66. The first-order valence-electron chi connectivity index (χ1n) is 5.75. The van der Waals surface area contributed by atoms with E-state index in [0.717, 1.165) is 15.6 Å². The number of amides is 1. The summed E-state index contributed by atoms with van der Waals surface area (Å²) >= 11 is 3.39. The maximum atomic E-state index is 11.5. The first kappa shape index (κ1) is 12.2. The Labute approximate surface area is 118 Å². The topological polar surface area (TPSA) is 66.4 Å². The molecule has 2 aliphatic carbocycles. The van der Waals surface area contributed by atoms with E-state index in [9.17, 15) is 9.59 Å². The van der Waals surface area contributed by atoms with Gasteiger partial charge in [-0.25, -0.2) is 4.79 Å². The molecule has 0 saturated carbocycles. The molecule has 96 valence electrons. The van der Waals surface area contributed by atoms with E-state index in [1.807, 2.05) is 18.2 Å². The molecule has 1 spiro atoms. The van der Waals surface area contributed by atoms with E-state index in [0.29, 0.717) is 6.54 Å². The summed E-state index contributed by atoms with van der Waals surface area (Å²) < 4.78 is 0.882. The fraction of sp³-hybridized carbons (Fsp3) is 0.143. The van der Waals surface area contributed by atoms with Crippen molar-refractivity contribution in [2.24, 2.45) is 5.41 Å². The van der Waals surface area contributed by atoms with Crippen molar-refractivity contribution < 1.29 is 14.7 Å². The van der Waals surface area contributed by atoms with Crippen molar-refractivity contribution in [1.29, 1.82) is 0 Å². The summed E-state index contributed by atoms with van der Waals surface area (Å²) in [5.41, 5.74) is 1.34. The molecule has 1 aliphatic heterocycles. The highest BCUT2D eigenvalue weighted by Crippen LogP contribution is 2.47. The summed E-state index contributed by atoms with van der Waals surface area (Å²) in [7, 11) is 0. The Morgan fingerprint density at radius 1 is 1.26 bits per heavy atom. The minimum absolute atomic E-state index is 0.190. The van der Waals surface area contributed by atoms with E-state index in [-0.39, 0.29) is 11.5 Å². The predicted octanol–water partition coefficient (Wildman–Crippen LogP) is 1.83. The Bertz CT molecular complexity index is 652. The lowest BCUT2D eigenvalue weighted by Crippen LogP contribution is -2.44. The van der Waals surface area contributed by atoms with Gasteiger partial charge in [-0.15, -0.1) is 0 Å². The SMILES string of the molecule is O=C1C=C2C=C(C(=O)O)C=C3C=C(Br)C=CC23CN1. The summed E-state index contributed by atoms with van der Waals surface area (Å²) in [4.78, 5) is 22.7. The zero-order chi connectivity index (χ0) is 13.6. The van der Waals surface area contributed by atoms with Crippen molar-refractivity contribution >= 4 is 27.8 Å². The zero-order valence-corrected chi connectivity index (χ0v) is 11.4. The number of carbonyl (C=O) groups excluding carboxylic acids is 1. The van der Waals surface area contributed by atoms with E-state index in [4.69, 9.17) is 5.11 Å². The van der Waals surface area contributed by atoms with Gasteiger partial charge in [0.05, 0.1) is 11.0 Å². The van der Waals surface area contributed by atoms with E-state index in [1.54, 1.807) is 12.2 Å². The number of carbonyl (C=O) groups is 2. The number of hydrogen-bond donors (Lipinski definition) is 2. The van der Waals surface area contributed by atoms with E-state index in [2.05, 4.69) is 21.2 Å². The van der Waals surface area contributed by atoms with Crippen molar-refractivity contribution in [2.75, 3.05) is 6.54 Å². The second-order valence-corrected chi connectivity index (χ2v) is 5.57. The van der Waals surface area contributed by atoms with Crippen molar-refractivity contribution in [2.45, 2.75) is 0 Å². The standard InChI is InChI=1S/C14H10BrNO3/c15-11-1-2-14-7-16-12(17)6-10(14)4-8(13(18)19)3-9(14)5-11/h1-6H,7H2,(H,16,17)(H,18,19). The van der Waals surface area contributed by atoms with Gasteiger partial charge in [0.1, 0.15) is 0 Å². The lowest BCUT2D eigenvalue weighted by atomic mass is 9.66. The molecule has 1 amide bonds. The average molecular weight is 320 g/mol. The highest BCUT2D eigenvalue weighted by Gasteiger charge is 2.41. The fourth-order valence-electron chi connectivity index (χ4n) is 2.56. The Hall–Kier alpha value is -1.88. The molecule has 2 N–H and O–H groups in total. The van der Waals surface area contributed by atoms with Crippen LogP contribution in [0.1, 0.15) is 0 Å². The van der Waals surface area contributed by atoms with Crippen LogP contribution >= 0.6 is 15.9 Å². The van der Waals surface area contributed by atoms with Crippen LogP contribution in [0, 0.1) is 5.41 Å². The average Bonchev–Trinajstić information content (AvgIpc) is 2.36. The molecule has 0 fully saturated rings. The largest absolute Gasteiger partial charge is 0.478 e. The molecule has 19 heavy (non-hydrogen) atoms. The van der Waals surface area contributed by atoms with Crippen molar-refractivity contribution in [3.63, 3.8) is 0 Å². The van der Waals surface area contributed by atoms with Gasteiger partial charge in [0.15, 0.2) is 0 Å². The van der Waals surface area contributed by atoms with Crippen molar-refractivity contribution in [3.05, 3.63) is 57.7 Å². The van der Waals surface area contributed by atoms with Gasteiger partial charge in [-0.3, -0.25) is 4.79 Å². The monoisotopic (exact) mass is 319 g/mol. The summed E-state index contributed by atoms with van der Waals surface area (Å²) in [5, 5.41) is 12.0. The molecule has 0 aromatic carbocycles. The zero-order valence-electron chi connectivity index (χ0n) is 9.81. The van der Waals surface area contributed by atoms with Gasteiger partial charge in [0.2, 0.25) is 5.91 Å². The second kappa shape index (κ2) is 4.06. The third-order valence-corrected chi connectivity index (χ3v) is 4.04. The van der Waals surface area contributed by atoms with Crippen LogP contribution in [-0.2, 0) is 9.59 Å². The normalized spacial score (nSPS) is 28.2. The van der Waals surface area contributed by atoms with Gasteiger partial charge in [-0.2, -0.15) is 0 Å². The van der Waals surface area contributed by atoms with Gasteiger partial charge in [0.25, 0.3) is 0 Å². The number of carboxylic acid groups (broad SMARTS) is 1. The third-order valence-electron chi connectivity index (χ3n) is 3.55. The van der Waals surface area contributed by atoms with Gasteiger partial charge in [-0.1, -0.05) is 28.1 Å². The Kier molecular flexibility index (Phi) is 2.60. The molecule has 0 saturated heterocycles. The van der Waals surface area contributed by atoms with Crippen LogP contribution in [0.2, 0.25) is 0 Å². The molecule has 0 aromatic rings. The van der Waals surface area contributed by atoms with Crippen LogP contribution in [0.15, 0.2) is 57.7 Å². The smallest absolute Gasteiger partial charge is 0.335 e. The van der Waals surface area contributed by atoms with Gasteiger partial charge in [0, 0.05) is 17.1 Å². The number of rotatable bonds is 1. The molecule has 1 unspecified atom stereocenters. The number of nitrogens with one attached hydrogen (secondary N) is 1. The number of allylic oxidation sites excluding steroid dienone is 4. The van der Waals surface area contributed by atoms with Crippen LogP contribution in [0.5, 0.6) is 0 Å². The molecule has 0 bridgehead atoms. The highest BCUT2D eigenvalue weighted by atomic mass is 79.9. The molecule has 1 heterocycles. The van der Waals surface area contributed by atoms with Crippen LogP contribution in [0.4, 0.5) is 0 Å². The van der Waals surface area contributed by atoms with Crippen LogP contribution in [-0.4, -0.2) is 23.5 Å². The number of hydrogen-bond acceptors (Lipinski definition) is 2. The fourth-order valence-corrected chi connectivity index (χ4v) is 2.94. The number of carboxylic acids is 1. The molecule has 5 heteroatoms. The molecule has 0 radical (unpaired) electrons. The van der Waals surface area contributed by atoms with E-state index >= 15 is 0 Å². The Morgan fingerprint density at radius 3 is 2.74 bits per heavy atom. The summed E-state index contributed by atoms with van der Waals surface area (Å²) in [6.07, 6.45) is 10.5. The Morgan fingerprint density at radius 2 is 2.00 bits per heavy atom. The third kappa shape index (κ3) is 1.81. The molecular weight excluding hydrogens is 310 g/mol. The van der Waals surface area contributed by atoms with E-state index in [1.165, 1.54) is 6.08 Å². The lowest BCUT2D eigenvalue weighted by Gasteiger charge is -2.40. The molecular formula is C14H10BrNO3. The van der Waals surface area contributed by atoms with Crippen molar-refractivity contribution in [1.82, 2.24) is 5.32 Å². The van der Waals surface area contributed by atoms with Gasteiger partial charge in [-0.05, 0) is 29.4 Å². The molecule has 3 rings (SSSR count).